The summed E-state index contributed by atoms with van der Waals surface area (Å²) in [6, 6.07) is 7.55. The molecule has 0 amide bonds. The van der Waals surface area contributed by atoms with Gasteiger partial charge in [0.05, 0.1) is 0 Å². The van der Waals surface area contributed by atoms with Crippen molar-refractivity contribution in [1.82, 2.24) is 0 Å². The lowest BCUT2D eigenvalue weighted by Crippen LogP contribution is -2.04. The molecule has 3 nitrogen and oxygen atoms in total. The van der Waals surface area contributed by atoms with Crippen LogP contribution in [0.5, 0.6) is 5.75 Å². The molecule has 1 aliphatic carbocycles. The van der Waals surface area contributed by atoms with Gasteiger partial charge in [0.1, 0.15) is 0 Å². The molecule has 1 aliphatic rings. The number of hydrogen-bond donors (Lipinski definition) is 1. The molecule has 1 aromatic rings. The highest BCUT2D eigenvalue weighted by molar-refractivity contribution is 7.32. The van der Waals surface area contributed by atoms with Gasteiger partial charge in [-0.15, -0.1) is 4.89 Å². The summed E-state index contributed by atoms with van der Waals surface area (Å²) in [5.41, 5.74) is 1.32. The Morgan fingerprint density at radius 3 is 2.31 bits per heavy atom. The van der Waals surface area contributed by atoms with E-state index in [4.69, 9.17) is 9.42 Å². The second-order valence-electron chi connectivity index (χ2n) is 4.23. The van der Waals surface area contributed by atoms with Crippen LogP contribution in [0.2, 0.25) is 0 Å². The zero-order chi connectivity index (χ0) is 11.4. The minimum atomic E-state index is -2.55. The fraction of sp³-hybridized carbons (Fsp3) is 0.500. The van der Waals surface area contributed by atoms with Crippen molar-refractivity contribution in [1.29, 1.82) is 0 Å². The molecule has 1 N–H and O–H groups in total. The Bertz CT molecular complexity index is 355. The maximum atomic E-state index is 10.5. The topological polar surface area (TPSA) is 46.5 Å². The number of hydrogen-bond acceptors (Lipinski definition) is 2. The van der Waals surface area contributed by atoms with Gasteiger partial charge in [0.15, 0.2) is 5.75 Å². The molecule has 1 aromatic carbocycles. The van der Waals surface area contributed by atoms with Crippen molar-refractivity contribution in [2.45, 2.75) is 38.0 Å². The molecular formula is C12H16O3P+. The van der Waals surface area contributed by atoms with Gasteiger partial charge in [-0.2, -0.15) is 0 Å². The Kier molecular flexibility index (Phi) is 3.92. The molecule has 16 heavy (non-hydrogen) atoms. The standard InChI is InChI=1S/C12H15O3P/c13-16(14)15-12-8-6-11(7-9-12)10-4-2-1-3-5-10/h6-10H,1-5H2/p+1. The molecule has 0 aliphatic heterocycles. The van der Waals surface area contributed by atoms with Crippen LogP contribution in [-0.4, -0.2) is 4.89 Å². The van der Waals surface area contributed by atoms with Crippen LogP contribution in [0.25, 0.3) is 0 Å². The first kappa shape index (κ1) is 11.6. The van der Waals surface area contributed by atoms with Gasteiger partial charge >= 0.3 is 8.25 Å². The van der Waals surface area contributed by atoms with E-state index in [0.29, 0.717) is 11.7 Å². The third-order valence-corrected chi connectivity index (χ3v) is 3.51. The van der Waals surface area contributed by atoms with Gasteiger partial charge in [0.25, 0.3) is 0 Å². The first-order chi connectivity index (χ1) is 7.75. The Morgan fingerprint density at radius 1 is 1.12 bits per heavy atom. The molecule has 2 rings (SSSR count). The molecule has 86 valence electrons. The van der Waals surface area contributed by atoms with Gasteiger partial charge in [-0.3, -0.25) is 0 Å². The van der Waals surface area contributed by atoms with Crippen LogP contribution in [0.1, 0.15) is 43.6 Å². The summed E-state index contributed by atoms with van der Waals surface area (Å²) >= 11 is 0. The van der Waals surface area contributed by atoms with Gasteiger partial charge in [-0.25, -0.2) is 4.52 Å². The summed E-state index contributed by atoms with van der Waals surface area (Å²) in [6.45, 7) is 0. The third kappa shape index (κ3) is 3.03. The van der Waals surface area contributed by atoms with Crippen molar-refractivity contribution in [3.05, 3.63) is 29.8 Å². The van der Waals surface area contributed by atoms with Crippen molar-refractivity contribution in [3.8, 4) is 5.75 Å². The van der Waals surface area contributed by atoms with E-state index in [1.807, 2.05) is 12.1 Å². The van der Waals surface area contributed by atoms with Gasteiger partial charge in [0, 0.05) is 4.57 Å². The summed E-state index contributed by atoms with van der Waals surface area (Å²) in [5.74, 6) is 1.12. The minimum Gasteiger partial charge on any atom is -0.229 e. The molecule has 0 bridgehead atoms. The normalized spacial score (nSPS) is 18.2. The molecule has 0 spiro atoms. The Labute approximate surface area is 96.4 Å². The van der Waals surface area contributed by atoms with Crippen LogP contribution >= 0.6 is 8.25 Å². The van der Waals surface area contributed by atoms with Crippen molar-refractivity contribution in [3.63, 3.8) is 0 Å². The van der Waals surface area contributed by atoms with Gasteiger partial charge < -0.3 is 0 Å². The average molecular weight is 239 g/mol. The molecule has 0 radical (unpaired) electrons. The molecule has 1 fully saturated rings. The van der Waals surface area contributed by atoms with Crippen LogP contribution in [0, 0.1) is 0 Å². The van der Waals surface area contributed by atoms with E-state index in [1.165, 1.54) is 37.7 Å². The lowest BCUT2D eigenvalue weighted by atomic mass is 9.84. The Hall–Kier alpha value is -0.920. The highest BCUT2D eigenvalue weighted by Gasteiger charge is 2.17. The minimum absolute atomic E-state index is 0.461. The third-order valence-electron chi connectivity index (χ3n) is 3.14. The van der Waals surface area contributed by atoms with Crippen molar-refractivity contribution < 1.29 is 14.0 Å². The number of benzene rings is 1. The van der Waals surface area contributed by atoms with Crippen LogP contribution < -0.4 is 4.52 Å². The van der Waals surface area contributed by atoms with Crippen LogP contribution in [0.4, 0.5) is 0 Å². The second kappa shape index (κ2) is 5.42. The molecular weight excluding hydrogens is 223 g/mol. The quantitative estimate of drug-likeness (QED) is 0.817. The fourth-order valence-corrected chi connectivity index (χ4v) is 2.63. The van der Waals surface area contributed by atoms with E-state index in [-0.39, 0.29) is 0 Å². The van der Waals surface area contributed by atoms with E-state index in [1.54, 1.807) is 12.1 Å². The predicted octanol–water partition coefficient (Wildman–Crippen LogP) is 3.76. The predicted molar refractivity (Wildman–Crippen MR) is 62.7 cm³/mol. The summed E-state index contributed by atoms with van der Waals surface area (Å²) < 4.78 is 15.2. The van der Waals surface area contributed by atoms with Crippen LogP contribution in [0.3, 0.4) is 0 Å². The number of rotatable bonds is 3. The zero-order valence-electron chi connectivity index (χ0n) is 9.13. The fourth-order valence-electron chi connectivity index (χ4n) is 2.33. The molecule has 4 heteroatoms. The molecule has 1 unspecified atom stereocenters. The highest BCUT2D eigenvalue weighted by atomic mass is 31.1. The summed E-state index contributed by atoms with van der Waals surface area (Å²) in [6.07, 6.45) is 6.49. The summed E-state index contributed by atoms with van der Waals surface area (Å²) in [7, 11) is -2.55. The van der Waals surface area contributed by atoms with E-state index in [9.17, 15) is 4.57 Å². The smallest absolute Gasteiger partial charge is 0.229 e. The van der Waals surface area contributed by atoms with E-state index < -0.39 is 8.25 Å². The van der Waals surface area contributed by atoms with Gasteiger partial charge in [-0.05, 0) is 36.5 Å². The van der Waals surface area contributed by atoms with E-state index >= 15 is 0 Å². The maximum absolute atomic E-state index is 10.5. The second-order valence-corrected chi connectivity index (χ2v) is 4.89. The van der Waals surface area contributed by atoms with Crippen LogP contribution in [0.15, 0.2) is 24.3 Å². The summed E-state index contributed by atoms with van der Waals surface area (Å²) in [4.78, 5) is 8.61. The molecule has 0 heterocycles. The highest BCUT2D eigenvalue weighted by Crippen LogP contribution is 2.33. The largest absolute Gasteiger partial charge is 0.747 e. The van der Waals surface area contributed by atoms with Crippen molar-refractivity contribution in [2.24, 2.45) is 0 Å². The molecule has 0 aromatic heterocycles. The van der Waals surface area contributed by atoms with Crippen molar-refractivity contribution in [2.75, 3.05) is 0 Å². The van der Waals surface area contributed by atoms with Gasteiger partial charge in [0.2, 0.25) is 0 Å². The van der Waals surface area contributed by atoms with Crippen molar-refractivity contribution >= 4 is 8.25 Å². The SMILES string of the molecule is O=[P+](O)Oc1ccc(C2CCCCC2)cc1. The van der Waals surface area contributed by atoms with E-state index in [0.717, 1.165) is 0 Å². The monoisotopic (exact) mass is 239 g/mol. The van der Waals surface area contributed by atoms with Crippen LogP contribution in [-0.2, 0) is 4.57 Å². The van der Waals surface area contributed by atoms with Gasteiger partial charge in [-0.1, -0.05) is 31.4 Å². The zero-order valence-corrected chi connectivity index (χ0v) is 10.0. The first-order valence-corrected chi connectivity index (χ1v) is 6.83. The lowest BCUT2D eigenvalue weighted by Gasteiger charge is -2.21. The summed E-state index contributed by atoms with van der Waals surface area (Å²) in [5, 5.41) is 0. The maximum Gasteiger partial charge on any atom is 0.747 e. The lowest BCUT2D eigenvalue weighted by molar-refractivity contribution is 0.410. The Balaban J connectivity index is 2.03. The molecule has 0 saturated heterocycles. The average Bonchev–Trinajstić information content (AvgIpc) is 2.30. The first-order valence-electron chi connectivity index (χ1n) is 5.70. The van der Waals surface area contributed by atoms with E-state index in [2.05, 4.69) is 0 Å². The molecule has 1 saturated carbocycles. The molecule has 1 atom stereocenters. The Morgan fingerprint density at radius 2 is 1.75 bits per heavy atom.